The average molecular weight is 451 g/mol. The third-order valence-electron chi connectivity index (χ3n) is 4.34. The molecule has 0 unspecified atom stereocenters. The second kappa shape index (κ2) is 8.18. The van der Waals surface area contributed by atoms with Gasteiger partial charge >= 0.3 is 0 Å². The highest BCUT2D eigenvalue weighted by atomic mass is 35.5. The largest absolute Gasteiger partial charge is 0.383 e. The third-order valence-corrected chi connectivity index (χ3v) is 5.75. The number of sulfone groups is 1. The number of benzene rings is 1. The molecule has 0 bridgehead atoms. The predicted octanol–water partition coefficient (Wildman–Crippen LogP) is 3.20. The summed E-state index contributed by atoms with van der Waals surface area (Å²) >= 11 is 6.06. The number of nitrogen functional groups attached to an aromatic ring is 1. The van der Waals surface area contributed by atoms with E-state index in [-0.39, 0.29) is 15.9 Å². The second-order valence-electron chi connectivity index (χ2n) is 6.55. The lowest BCUT2D eigenvalue weighted by Gasteiger charge is -2.08. The number of hydrogen-bond donors (Lipinski definition) is 2. The minimum Gasteiger partial charge on any atom is -0.383 e. The fourth-order valence-corrected chi connectivity index (χ4v) is 3.60. The van der Waals surface area contributed by atoms with E-state index in [0.29, 0.717) is 22.8 Å². The van der Waals surface area contributed by atoms with Gasteiger partial charge in [0.15, 0.2) is 9.84 Å². The summed E-state index contributed by atoms with van der Waals surface area (Å²) in [7, 11) is -3.26. The molecule has 8 nitrogen and oxygen atoms in total. The Morgan fingerprint density at radius 3 is 2.52 bits per heavy atom. The number of nitrogens with two attached hydrogens (primary N) is 1. The van der Waals surface area contributed by atoms with Crippen molar-refractivity contribution in [1.82, 2.24) is 19.9 Å². The summed E-state index contributed by atoms with van der Waals surface area (Å²) in [5.41, 5.74) is 7.36. The number of fused-ring (bicyclic) bond motifs is 1. The summed E-state index contributed by atoms with van der Waals surface area (Å²) in [6.07, 6.45) is 5.77. The zero-order chi connectivity index (χ0) is 22.0. The number of anilines is 3. The molecule has 154 valence electrons. The third kappa shape index (κ3) is 4.55. The van der Waals surface area contributed by atoms with E-state index in [4.69, 9.17) is 17.3 Å². The molecule has 0 saturated carbocycles. The summed E-state index contributed by atoms with van der Waals surface area (Å²) in [5.74, 6) is 6.60. The lowest BCUT2D eigenvalue weighted by molar-refractivity contribution is 0.602. The van der Waals surface area contributed by atoms with Gasteiger partial charge in [-0.05, 0) is 42.3 Å². The van der Waals surface area contributed by atoms with E-state index >= 15 is 0 Å². The van der Waals surface area contributed by atoms with Crippen LogP contribution in [0.4, 0.5) is 17.3 Å². The van der Waals surface area contributed by atoms with Gasteiger partial charge in [0.2, 0.25) is 0 Å². The van der Waals surface area contributed by atoms with Crippen molar-refractivity contribution in [2.24, 2.45) is 0 Å². The lowest BCUT2D eigenvalue weighted by atomic mass is 10.1. The van der Waals surface area contributed by atoms with Crippen LogP contribution < -0.4 is 11.1 Å². The maximum atomic E-state index is 11.6. The monoisotopic (exact) mass is 450 g/mol. The zero-order valence-corrected chi connectivity index (χ0v) is 17.7. The molecule has 0 aliphatic heterocycles. The van der Waals surface area contributed by atoms with Gasteiger partial charge < -0.3 is 11.1 Å². The number of halogens is 1. The van der Waals surface area contributed by atoms with Gasteiger partial charge in [-0.2, -0.15) is 0 Å². The fourth-order valence-electron chi connectivity index (χ4n) is 2.78. The molecule has 10 heteroatoms. The smallest absolute Gasteiger partial charge is 0.175 e. The van der Waals surface area contributed by atoms with Crippen LogP contribution in [0.25, 0.3) is 10.8 Å². The summed E-state index contributed by atoms with van der Waals surface area (Å²) in [4.78, 5) is 16.8. The van der Waals surface area contributed by atoms with E-state index in [9.17, 15) is 8.42 Å². The van der Waals surface area contributed by atoms with Crippen LogP contribution in [-0.4, -0.2) is 34.6 Å². The van der Waals surface area contributed by atoms with Gasteiger partial charge in [0.1, 0.15) is 34.4 Å². The van der Waals surface area contributed by atoms with E-state index in [0.717, 1.165) is 17.0 Å². The molecule has 3 N–H and O–H groups in total. The van der Waals surface area contributed by atoms with E-state index < -0.39 is 9.84 Å². The van der Waals surface area contributed by atoms with E-state index in [1.807, 2.05) is 12.1 Å². The Morgan fingerprint density at radius 1 is 1.03 bits per heavy atom. The van der Waals surface area contributed by atoms with Gasteiger partial charge in [-0.25, -0.2) is 28.4 Å². The van der Waals surface area contributed by atoms with Crippen molar-refractivity contribution in [2.45, 2.75) is 4.90 Å². The van der Waals surface area contributed by atoms with Gasteiger partial charge in [-0.15, -0.1) is 0 Å². The maximum absolute atomic E-state index is 11.6. The molecule has 3 heterocycles. The first-order chi connectivity index (χ1) is 14.8. The van der Waals surface area contributed by atoms with Crippen LogP contribution in [0, 0.1) is 11.8 Å². The Hall–Kier alpha value is -3.74. The molecule has 0 amide bonds. The molecule has 0 radical (unpaired) electrons. The van der Waals surface area contributed by atoms with Gasteiger partial charge in [0.25, 0.3) is 0 Å². The molecule has 0 saturated heterocycles. The first kappa shape index (κ1) is 20.5. The molecule has 0 fully saturated rings. The number of pyridine rings is 2. The second-order valence-corrected chi connectivity index (χ2v) is 8.92. The van der Waals surface area contributed by atoms with E-state index in [1.54, 1.807) is 24.5 Å². The Balaban J connectivity index is 1.69. The van der Waals surface area contributed by atoms with Crippen molar-refractivity contribution in [3.05, 3.63) is 71.5 Å². The van der Waals surface area contributed by atoms with E-state index in [1.165, 1.54) is 18.5 Å². The van der Waals surface area contributed by atoms with Crippen LogP contribution in [-0.2, 0) is 9.84 Å². The number of hydrogen-bond acceptors (Lipinski definition) is 8. The molecule has 4 rings (SSSR count). The van der Waals surface area contributed by atoms with Gasteiger partial charge in [0, 0.05) is 35.1 Å². The van der Waals surface area contributed by atoms with Gasteiger partial charge in [-0.1, -0.05) is 17.5 Å². The van der Waals surface area contributed by atoms with Gasteiger partial charge in [0.05, 0.1) is 4.90 Å². The van der Waals surface area contributed by atoms with Crippen LogP contribution in [0.3, 0.4) is 0 Å². The molecule has 31 heavy (non-hydrogen) atoms. The van der Waals surface area contributed by atoms with Crippen molar-refractivity contribution in [3.63, 3.8) is 0 Å². The highest BCUT2D eigenvalue weighted by Gasteiger charge is 2.08. The lowest BCUT2D eigenvalue weighted by Crippen LogP contribution is -1.98. The highest BCUT2D eigenvalue weighted by Crippen LogP contribution is 2.23. The average Bonchev–Trinajstić information content (AvgIpc) is 2.73. The van der Waals surface area contributed by atoms with Gasteiger partial charge in [-0.3, -0.25) is 0 Å². The van der Waals surface area contributed by atoms with Crippen molar-refractivity contribution in [1.29, 1.82) is 0 Å². The number of nitrogens with zero attached hydrogens (tertiary/aromatic N) is 4. The van der Waals surface area contributed by atoms with Crippen LogP contribution in [0.2, 0.25) is 5.15 Å². The zero-order valence-electron chi connectivity index (χ0n) is 16.2. The molecular formula is C21H15ClN6O2S. The quantitative estimate of drug-likeness (QED) is 0.360. The summed E-state index contributed by atoms with van der Waals surface area (Å²) < 4.78 is 23.2. The van der Waals surface area contributed by atoms with E-state index in [2.05, 4.69) is 37.1 Å². The minimum atomic E-state index is -3.26. The highest BCUT2D eigenvalue weighted by molar-refractivity contribution is 7.90. The fraction of sp³-hybridized carbons (Fsp3) is 0.0476. The molecule has 0 aliphatic carbocycles. The topological polar surface area (TPSA) is 124 Å². The maximum Gasteiger partial charge on any atom is 0.175 e. The van der Waals surface area contributed by atoms with Crippen LogP contribution in [0.15, 0.2) is 60.0 Å². The number of aromatic nitrogens is 4. The normalized spacial score (nSPS) is 11.0. The predicted molar refractivity (Wildman–Crippen MR) is 120 cm³/mol. The summed E-state index contributed by atoms with van der Waals surface area (Å²) in [6, 6.07) is 10.0. The number of rotatable bonds is 3. The molecular weight excluding hydrogens is 436 g/mol. The molecule has 0 aliphatic rings. The van der Waals surface area contributed by atoms with Crippen LogP contribution >= 0.6 is 11.6 Å². The molecule has 0 spiro atoms. The Morgan fingerprint density at radius 2 is 1.81 bits per heavy atom. The first-order valence-electron chi connectivity index (χ1n) is 8.91. The standard InChI is InChI=1S/C21H15ClN6O2S/c1-31(29,30)15-4-2-14(3-5-15)28-19-10-17-13(11-25-19)8-9-24-18(17)7-6-16-20(22)26-12-27-21(16)23/h2-5,8-12H,1H3,(H,25,28)(H2,23,26,27). The Labute approximate surface area is 183 Å². The SMILES string of the molecule is CS(=O)(=O)c1ccc(Nc2cc3c(C#Cc4c(N)ncnc4Cl)nccc3cn2)cc1. The Kier molecular flexibility index (Phi) is 5.42. The van der Waals surface area contributed by atoms with Crippen molar-refractivity contribution >= 4 is 49.5 Å². The first-order valence-corrected chi connectivity index (χ1v) is 11.2. The minimum absolute atomic E-state index is 0.168. The number of nitrogens with one attached hydrogen (secondary N) is 1. The molecule has 0 atom stereocenters. The van der Waals surface area contributed by atoms with Crippen molar-refractivity contribution < 1.29 is 8.42 Å². The summed E-state index contributed by atoms with van der Waals surface area (Å²) in [6.45, 7) is 0. The molecule has 1 aromatic carbocycles. The Bertz CT molecular complexity index is 1440. The van der Waals surface area contributed by atoms with Crippen molar-refractivity contribution in [2.75, 3.05) is 17.3 Å². The van der Waals surface area contributed by atoms with Crippen LogP contribution in [0.5, 0.6) is 0 Å². The molecule has 3 aromatic heterocycles. The molecule has 4 aromatic rings. The van der Waals surface area contributed by atoms with Crippen LogP contribution in [0.1, 0.15) is 11.3 Å². The van der Waals surface area contributed by atoms with Crippen molar-refractivity contribution in [3.8, 4) is 11.8 Å². The summed E-state index contributed by atoms with van der Waals surface area (Å²) in [5, 5.41) is 4.94.